The van der Waals surface area contributed by atoms with E-state index in [2.05, 4.69) is 54.9 Å². The van der Waals surface area contributed by atoms with Crippen molar-refractivity contribution in [1.82, 2.24) is 39.8 Å². The molecular formula is C22H20N8O. The first-order chi connectivity index (χ1) is 15.2. The lowest BCUT2D eigenvalue weighted by atomic mass is 9.97. The molecule has 9 nitrogen and oxygen atoms in total. The van der Waals surface area contributed by atoms with Gasteiger partial charge in [-0.05, 0) is 33.5 Å². The summed E-state index contributed by atoms with van der Waals surface area (Å²) in [7, 11) is 0. The number of nitrogens with zero attached hydrogens (tertiary/aromatic N) is 7. The predicted octanol–water partition coefficient (Wildman–Crippen LogP) is 2.74. The second-order valence-corrected chi connectivity index (χ2v) is 7.27. The van der Waals surface area contributed by atoms with E-state index in [1.165, 1.54) is 0 Å². The summed E-state index contributed by atoms with van der Waals surface area (Å²) < 4.78 is 3.36. The van der Waals surface area contributed by atoms with Crippen molar-refractivity contribution in [2.75, 3.05) is 0 Å². The second-order valence-electron chi connectivity index (χ2n) is 7.27. The van der Waals surface area contributed by atoms with Gasteiger partial charge in [-0.1, -0.05) is 55.5 Å². The number of rotatable bonds is 6. The highest BCUT2D eigenvalue weighted by atomic mass is 16.2. The lowest BCUT2D eigenvalue weighted by Gasteiger charge is -2.09. The van der Waals surface area contributed by atoms with Crippen molar-refractivity contribution in [3.8, 4) is 22.5 Å². The molecule has 0 unspecified atom stereocenters. The molecule has 0 aliphatic carbocycles. The molecule has 0 spiro atoms. The SMILES string of the molecule is CCCn1c(=O)nc2c(Cc3ccc(-c4ccccc4-c4nnn[nH]4)cc3)cncn21. The third-order valence-electron chi connectivity index (χ3n) is 5.22. The van der Waals surface area contributed by atoms with Crippen LogP contribution in [0.5, 0.6) is 0 Å². The number of hydrogen-bond acceptors (Lipinski definition) is 6. The highest BCUT2D eigenvalue weighted by Crippen LogP contribution is 2.30. The van der Waals surface area contributed by atoms with Gasteiger partial charge in [-0.3, -0.25) is 0 Å². The van der Waals surface area contributed by atoms with Gasteiger partial charge in [0, 0.05) is 30.3 Å². The normalized spacial score (nSPS) is 11.3. The van der Waals surface area contributed by atoms with E-state index in [4.69, 9.17) is 0 Å². The smallest absolute Gasteiger partial charge is 0.244 e. The number of aryl methyl sites for hydroxylation is 1. The summed E-state index contributed by atoms with van der Waals surface area (Å²) in [5, 5.41) is 14.2. The fourth-order valence-corrected chi connectivity index (χ4v) is 3.76. The number of nitrogens with one attached hydrogen (secondary N) is 1. The number of benzene rings is 2. The Morgan fingerprint density at radius 3 is 2.58 bits per heavy atom. The zero-order valence-corrected chi connectivity index (χ0v) is 16.9. The number of hydrogen-bond donors (Lipinski definition) is 1. The molecule has 5 aromatic rings. The molecule has 31 heavy (non-hydrogen) atoms. The lowest BCUT2D eigenvalue weighted by Crippen LogP contribution is -2.20. The maximum atomic E-state index is 12.3. The van der Waals surface area contributed by atoms with Gasteiger partial charge in [0.2, 0.25) is 0 Å². The Hall–Kier alpha value is -4.14. The van der Waals surface area contributed by atoms with Crippen LogP contribution in [0.3, 0.4) is 0 Å². The fourth-order valence-electron chi connectivity index (χ4n) is 3.76. The first kappa shape index (κ1) is 18.9. The van der Waals surface area contributed by atoms with Gasteiger partial charge in [0.05, 0.1) is 0 Å². The highest BCUT2D eigenvalue weighted by Gasteiger charge is 2.12. The van der Waals surface area contributed by atoms with E-state index in [1.807, 2.05) is 31.2 Å². The number of tetrazole rings is 1. The minimum atomic E-state index is -0.245. The van der Waals surface area contributed by atoms with Crippen molar-refractivity contribution in [2.24, 2.45) is 0 Å². The monoisotopic (exact) mass is 412 g/mol. The molecule has 0 radical (unpaired) electrons. The van der Waals surface area contributed by atoms with Crippen molar-refractivity contribution < 1.29 is 0 Å². The third kappa shape index (κ3) is 3.50. The molecule has 0 saturated heterocycles. The van der Waals surface area contributed by atoms with Gasteiger partial charge in [0.15, 0.2) is 11.5 Å². The van der Waals surface area contributed by atoms with Gasteiger partial charge in [-0.15, -0.1) is 5.10 Å². The number of aromatic amines is 1. The van der Waals surface area contributed by atoms with Crippen molar-refractivity contribution in [3.63, 3.8) is 0 Å². The average Bonchev–Trinajstić information content (AvgIpc) is 3.44. The topological polar surface area (TPSA) is 107 Å². The zero-order chi connectivity index (χ0) is 21.2. The van der Waals surface area contributed by atoms with E-state index in [-0.39, 0.29) is 5.69 Å². The molecule has 0 amide bonds. The standard InChI is InChI=1S/C22H20N8O/c1-2-11-29-22(31)24-21-17(13-23-14-30(21)29)12-15-7-9-16(10-8-15)18-5-3-4-6-19(18)20-25-27-28-26-20/h3-10,13-14H,2,11-12H2,1H3,(H,25,26,27,28). The van der Waals surface area contributed by atoms with Crippen molar-refractivity contribution in [1.29, 1.82) is 0 Å². The largest absolute Gasteiger partial charge is 0.364 e. The Balaban J connectivity index is 1.46. The Morgan fingerprint density at radius 1 is 1.03 bits per heavy atom. The molecule has 9 heteroatoms. The van der Waals surface area contributed by atoms with Gasteiger partial charge >= 0.3 is 5.69 Å². The van der Waals surface area contributed by atoms with Crippen LogP contribution in [-0.4, -0.2) is 39.8 Å². The molecule has 5 rings (SSSR count). The van der Waals surface area contributed by atoms with Crippen LogP contribution in [-0.2, 0) is 13.0 Å². The minimum absolute atomic E-state index is 0.245. The van der Waals surface area contributed by atoms with Crippen LogP contribution in [0.25, 0.3) is 28.2 Å². The summed E-state index contributed by atoms with van der Waals surface area (Å²) in [6.45, 7) is 2.64. The van der Waals surface area contributed by atoms with E-state index in [9.17, 15) is 4.79 Å². The summed E-state index contributed by atoms with van der Waals surface area (Å²) in [4.78, 5) is 20.8. The Kier molecular flexibility index (Phi) is 4.83. The first-order valence-electron chi connectivity index (χ1n) is 10.1. The maximum Gasteiger partial charge on any atom is 0.364 e. The Morgan fingerprint density at radius 2 is 1.84 bits per heavy atom. The third-order valence-corrected chi connectivity index (χ3v) is 5.22. The second kappa shape index (κ2) is 7.94. The summed E-state index contributed by atoms with van der Waals surface area (Å²) in [6.07, 6.45) is 4.90. The van der Waals surface area contributed by atoms with Gasteiger partial charge in [0.25, 0.3) is 0 Å². The van der Waals surface area contributed by atoms with Crippen LogP contribution in [0, 0.1) is 0 Å². The molecule has 2 aromatic carbocycles. The molecule has 3 heterocycles. The molecule has 0 aliphatic heterocycles. The van der Waals surface area contributed by atoms with E-state index in [0.717, 1.165) is 34.2 Å². The van der Waals surface area contributed by atoms with E-state index in [1.54, 1.807) is 21.7 Å². The zero-order valence-electron chi connectivity index (χ0n) is 16.9. The molecular weight excluding hydrogens is 392 g/mol. The summed E-state index contributed by atoms with van der Waals surface area (Å²) in [5.41, 5.74) is 5.47. The average molecular weight is 412 g/mol. The lowest BCUT2D eigenvalue weighted by molar-refractivity contribution is 0.543. The number of fused-ring (bicyclic) bond motifs is 1. The van der Waals surface area contributed by atoms with E-state index < -0.39 is 0 Å². The Labute approximate surface area is 177 Å². The molecule has 3 aromatic heterocycles. The minimum Gasteiger partial charge on any atom is -0.244 e. The van der Waals surface area contributed by atoms with E-state index in [0.29, 0.717) is 24.4 Å². The number of H-pyrrole nitrogens is 1. The van der Waals surface area contributed by atoms with Gasteiger partial charge < -0.3 is 0 Å². The quantitative estimate of drug-likeness (QED) is 0.460. The predicted molar refractivity (Wildman–Crippen MR) is 115 cm³/mol. The molecule has 0 atom stereocenters. The summed E-state index contributed by atoms with van der Waals surface area (Å²) >= 11 is 0. The van der Waals surface area contributed by atoms with Crippen molar-refractivity contribution >= 4 is 5.65 Å². The van der Waals surface area contributed by atoms with E-state index >= 15 is 0 Å². The molecule has 0 bridgehead atoms. The fraction of sp³-hybridized carbons (Fsp3) is 0.182. The molecule has 0 saturated carbocycles. The van der Waals surface area contributed by atoms with Gasteiger partial charge in [-0.25, -0.2) is 24.1 Å². The van der Waals surface area contributed by atoms with Crippen LogP contribution in [0.4, 0.5) is 0 Å². The maximum absolute atomic E-state index is 12.3. The van der Waals surface area contributed by atoms with Crippen LogP contribution >= 0.6 is 0 Å². The molecule has 0 fully saturated rings. The molecule has 1 N–H and O–H groups in total. The summed E-state index contributed by atoms with van der Waals surface area (Å²) in [5.74, 6) is 0.630. The Bertz CT molecular complexity index is 1380. The number of aromatic nitrogens is 8. The van der Waals surface area contributed by atoms with Gasteiger partial charge in [-0.2, -0.15) is 4.98 Å². The summed E-state index contributed by atoms with van der Waals surface area (Å²) in [6, 6.07) is 16.3. The highest BCUT2D eigenvalue weighted by molar-refractivity contribution is 5.80. The molecule has 0 aliphatic rings. The van der Waals surface area contributed by atoms with Crippen LogP contribution in [0.2, 0.25) is 0 Å². The first-order valence-corrected chi connectivity index (χ1v) is 10.1. The van der Waals surface area contributed by atoms with Crippen molar-refractivity contribution in [3.05, 3.63) is 82.7 Å². The van der Waals surface area contributed by atoms with Gasteiger partial charge in [0.1, 0.15) is 6.33 Å². The van der Waals surface area contributed by atoms with Crippen LogP contribution < -0.4 is 5.69 Å². The van der Waals surface area contributed by atoms with Crippen LogP contribution in [0.15, 0.2) is 65.8 Å². The van der Waals surface area contributed by atoms with Crippen molar-refractivity contribution in [2.45, 2.75) is 26.3 Å². The molecule has 154 valence electrons. The van der Waals surface area contributed by atoms with Crippen LogP contribution in [0.1, 0.15) is 24.5 Å².